The van der Waals surface area contributed by atoms with Gasteiger partial charge in [0, 0.05) is 29.8 Å². The molecular weight excluding hydrogens is 504 g/mol. The first-order valence-corrected chi connectivity index (χ1v) is 14.4. The number of amides is 3. The van der Waals surface area contributed by atoms with E-state index in [0.717, 1.165) is 45.1 Å². The number of benzene rings is 1. The second-order valence-corrected chi connectivity index (χ2v) is 11.7. The number of halogens is 1. The fourth-order valence-electron chi connectivity index (χ4n) is 6.64. The van der Waals surface area contributed by atoms with E-state index in [0.29, 0.717) is 23.8 Å². The lowest BCUT2D eigenvalue weighted by molar-refractivity contribution is -0.141. The molecule has 38 heavy (non-hydrogen) atoms. The third kappa shape index (κ3) is 5.10. The molecule has 5 rings (SSSR count). The van der Waals surface area contributed by atoms with E-state index in [1.807, 2.05) is 19.2 Å². The smallest absolute Gasteiger partial charge is 0.246 e. The molecule has 1 aromatic carbocycles. The summed E-state index contributed by atoms with van der Waals surface area (Å²) in [6, 6.07) is 6.25. The molecule has 2 N–H and O–H groups in total. The molecule has 4 aliphatic rings. The van der Waals surface area contributed by atoms with E-state index in [2.05, 4.69) is 22.5 Å². The van der Waals surface area contributed by atoms with Crippen LogP contribution in [0.5, 0.6) is 0 Å². The highest BCUT2D eigenvalue weighted by Gasteiger charge is 2.72. The zero-order valence-electron chi connectivity index (χ0n) is 22.3. The number of carbonyl (C=O) groups excluding carboxylic acids is 3. The molecule has 3 fully saturated rings. The molecule has 1 aliphatic carbocycles. The maximum absolute atomic E-state index is 14.0. The van der Waals surface area contributed by atoms with Crippen LogP contribution in [0.2, 0.25) is 5.02 Å². The van der Waals surface area contributed by atoms with E-state index in [1.54, 1.807) is 29.2 Å². The average Bonchev–Trinajstić information content (AvgIpc) is 3.54. The summed E-state index contributed by atoms with van der Waals surface area (Å²) in [5.41, 5.74) is -0.575. The molecule has 206 valence electrons. The van der Waals surface area contributed by atoms with Crippen molar-refractivity contribution in [3.8, 4) is 0 Å². The lowest BCUT2D eigenvalue weighted by Crippen LogP contribution is -2.57. The lowest BCUT2D eigenvalue weighted by Gasteiger charge is -2.34. The molecule has 2 bridgehead atoms. The molecule has 8 nitrogen and oxygen atoms in total. The van der Waals surface area contributed by atoms with Gasteiger partial charge in [0.1, 0.15) is 11.6 Å². The van der Waals surface area contributed by atoms with Gasteiger partial charge in [-0.2, -0.15) is 0 Å². The monoisotopic (exact) mass is 542 g/mol. The van der Waals surface area contributed by atoms with Crippen molar-refractivity contribution in [2.45, 2.75) is 75.7 Å². The number of nitrogens with one attached hydrogen (secondary N) is 2. The van der Waals surface area contributed by atoms with Gasteiger partial charge in [-0.15, -0.1) is 0 Å². The first kappa shape index (κ1) is 27.2. The summed E-state index contributed by atoms with van der Waals surface area (Å²) in [6.45, 7) is 4.13. The predicted molar refractivity (Wildman–Crippen MR) is 147 cm³/mol. The molecule has 3 aliphatic heterocycles. The van der Waals surface area contributed by atoms with Crippen molar-refractivity contribution >= 4 is 35.0 Å². The third-order valence-electron chi connectivity index (χ3n) is 8.58. The molecule has 0 radical (unpaired) electrons. The zero-order valence-corrected chi connectivity index (χ0v) is 23.1. The number of carbonyl (C=O) groups is 3. The highest BCUT2D eigenvalue weighted by molar-refractivity contribution is 6.30. The Kier molecular flexibility index (Phi) is 8.12. The zero-order chi connectivity index (χ0) is 26.9. The van der Waals surface area contributed by atoms with Crippen molar-refractivity contribution in [3.63, 3.8) is 0 Å². The van der Waals surface area contributed by atoms with E-state index in [9.17, 15) is 14.4 Å². The van der Waals surface area contributed by atoms with E-state index in [-0.39, 0.29) is 23.8 Å². The summed E-state index contributed by atoms with van der Waals surface area (Å²) in [6.07, 6.45) is 10.6. The van der Waals surface area contributed by atoms with Crippen molar-refractivity contribution in [1.82, 2.24) is 15.1 Å². The second kappa shape index (κ2) is 11.4. The number of ether oxygens (including phenoxy) is 1. The van der Waals surface area contributed by atoms with Crippen LogP contribution in [0.4, 0.5) is 5.69 Å². The molecule has 5 atom stereocenters. The standard InChI is InChI=1S/C29H39ClN4O4/c1-3-4-15-33(2)16-17-34-25(27(36)31-20-10-6-5-7-11-20)29-14-13-22(38-29)23(24(29)28(34)37)26(35)32-21-12-8-9-19(30)18-21/h8-9,12-14,18,20,22-25H,3-7,10-11,15-17H2,1-2H3,(H,31,36)(H,32,35)/t22-,23-,24-,25-,29-/m0/s1. The van der Waals surface area contributed by atoms with Crippen LogP contribution in [-0.2, 0) is 19.1 Å². The number of nitrogens with zero attached hydrogens (tertiary/aromatic N) is 2. The van der Waals surface area contributed by atoms with Crippen molar-refractivity contribution < 1.29 is 19.1 Å². The molecule has 9 heteroatoms. The summed E-state index contributed by atoms with van der Waals surface area (Å²) in [5, 5.41) is 6.67. The van der Waals surface area contributed by atoms with Crippen LogP contribution in [0.3, 0.4) is 0 Å². The Hall–Kier alpha value is -2.42. The van der Waals surface area contributed by atoms with Crippen LogP contribution in [0.15, 0.2) is 36.4 Å². The molecule has 1 aromatic rings. The molecule has 3 amide bonds. The van der Waals surface area contributed by atoms with Crippen molar-refractivity contribution in [1.29, 1.82) is 0 Å². The van der Waals surface area contributed by atoms with Gasteiger partial charge < -0.3 is 25.2 Å². The van der Waals surface area contributed by atoms with Crippen LogP contribution in [0.1, 0.15) is 51.9 Å². The number of hydrogen-bond donors (Lipinski definition) is 2. The van der Waals surface area contributed by atoms with E-state index in [4.69, 9.17) is 16.3 Å². The SMILES string of the molecule is CCCCN(C)CCN1C(=O)[C@@H]2[C@@H](C(=O)Nc3cccc(Cl)c3)[C@@H]3C=C[C@@]2(O3)[C@@H]1C(=O)NC1CCCCC1. The van der Waals surface area contributed by atoms with Gasteiger partial charge in [-0.25, -0.2) is 0 Å². The quantitative estimate of drug-likeness (QED) is 0.441. The summed E-state index contributed by atoms with van der Waals surface area (Å²) >= 11 is 6.11. The molecule has 3 heterocycles. The molecule has 2 saturated heterocycles. The van der Waals surface area contributed by atoms with Gasteiger partial charge in [0.25, 0.3) is 0 Å². The normalized spacial score (nSPS) is 30.2. The number of hydrogen-bond acceptors (Lipinski definition) is 5. The summed E-state index contributed by atoms with van der Waals surface area (Å²) in [4.78, 5) is 45.3. The van der Waals surface area contributed by atoms with Crippen molar-refractivity contribution in [3.05, 3.63) is 41.4 Å². The topological polar surface area (TPSA) is 91.0 Å². The minimum atomic E-state index is -1.14. The molecule has 1 spiro atoms. The summed E-state index contributed by atoms with van der Waals surface area (Å²) in [5.74, 6) is -2.13. The Bertz CT molecular complexity index is 1090. The number of likely N-dealkylation sites (N-methyl/N-ethyl adjacent to an activating group) is 1. The van der Waals surface area contributed by atoms with Crippen molar-refractivity contribution in [2.75, 3.05) is 32.0 Å². The Balaban J connectivity index is 1.40. The minimum Gasteiger partial charge on any atom is -0.359 e. The van der Waals surface area contributed by atoms with Crippen molar-refractivity contribution in [2.24, 2.45) is 11.8 Å². The van der Waals surface area contributed by atoms with E-state index < -0.39 is 29.6 Å². The highest BCUT2D eigenvalue weighted by atomic mass is 35.5. The van der Waals surface area contributed by atoms with Crippen LogP contribution < -0.4 is 10.6 Å². The number of anilines is 1. The molecular formula is C29H39ClN4O4. The van der Waals surface area contributed by atoms with Gasteiger partial charge in [0.2, 0.25) is 17.7 Å². The summed E-state index contributed by atoms with van der Waals surface area (Å²) in [7, 11) is 2.04. The van der Waals surface area contributed by atoms with E-state index >= 15 is 0 Å². The Morgan fingerprint density at radius 3 is 2.71 bits per heavy atom. The van der Waals surface area contributed by atoms with E-state index in [1.165, 1.54) is 6.42 Å². The fraction of sp³-hybridized carbons (Fsp3) is 0.621. The maximum atomic E-state index is 14.0. The Morgan fingerprint density at radius 2 is 1.97 bits per heavy atom. The number of fused-ring (bicyclic) bond motifs is 1. The van der Waals surface area contributed by atoms with Crippen LogP contribution in [0.25, 0.3) is 0 Å². The minimum absolute atomic E-state index is 0.111. The third-order valence-corrected chi connectivity index (χ3v) is 8.82. The maximum Gasteiger partial charge on any atom is 0.246 e. The van der Waals surface area contributed by atoms with Gasteiger partial charge in [-0.05, 0) is 51.1 Å². The van der Waals surface area contributed by atoms with Gasteiger partial charge in [0.05, 0.1) is 17.9 Å². The van der Waals surface area contributed by atoms with Gasteiger partial charge in [-0.3, -0.25) is 14.4 Å². The molecule has 0 aromatic heterocycles. The van der Waals surface area contributed by atoms with Crippen LogP contribution in [0, 0.1) is 11.8 Å². The van der Waals surface area contributed by atoms with Crippen LogP contribution in [-0.4, -0.2) is 78.0 Å². The Morgan fingerprint density at radius 1 is 1.18 bits per heavy atom. The second-order valence-electron chi connectivity index (χ2n) is 11.2. The highest BCUT2D eigenvalue weighted by Crippen LogP contribution is 2.55. The molecule has 0 unspecified atom stereocenters. The number of unbranched alkanes of at least 4 members (excludes halogenated alkanes) is 1. The molecule has 1 saturated carbocycles. The lowest BCUT2D eigenvalue weighted by atomic mass is 9.74. The predicted octanol–water partition coefficient (Wildman–Crippen LogP) is 3.61. The average molecular weight is 543 g/mol. The largest absolute Gasteiger partial charge is 0.359 e. The fourth-order valence-corrected chi connectivity index (χ4v) is 6.84. The number of rotatable bonds is 10. The van der Waals surface area contributed by atoms with Gasteiger partial charge in [-0.1, -0.05) is 62.4 Å². The summed E-state index contributed by atoms with van der Waals surface area (Å²) < 4.78 is 6.44. The van der Waals surface area contributed by atoms with Gasteiger partial charge >= 0.3 is 0 Å². The van der Waals surface area contributed by atoms with Crippen LogP contribution >= 0.6 is 11.6 Å². The van der Waals surface area contributed by atoms with Gasteiger partial charge in [0.15, 0.2) is 0 Å². The first-order valence-electron chi connectivity index (χ1n) is 14.1. The first-order chi connectivity index (χ1) is 18.3. The Labute approximate surface area is 230 Å². The number of likely N-dealkylation sites (tertiary alicyclic amines) is 1.